The van der Waals surface area contributed by atoms with Crippen LogP contribution in [-0.4, -0.2) is 55.3 Å². The fourth-order valence-corrected chi connectivity index (χ4v) is 2.78. The number of rotatable bonds is 5. The Kier molecular flexibility index (Phi) is 4.92. The van der Waals surface area contributed by atoms with Crippen molar-refractivity contribution in [3.05, 3.63) is 42.2 Å². The molecule has 6 heteroatoms. The third-order valence-corrected chi connectivity index (χ3v) is 4.07. The zero-order chi connectivity index (χ0) is 16.1. The van der Waals surface area contributed by atoms with Crippen molar-refractivity contribution in [2.45, 2.75) is 6.54 Å². The molecule has 2 heterocycles. The van der Waals surface area contributed by atoms with Gasteiger partial charge in [0.05, 0.1) is 14.2 Å². The van der Waals surface area contributed by atoms with Crippen molar-refractivity contribution < 1.29 is 9.47 Å². The molecule has 0 spiro atoms. The fourth-order valence-electron chi connectivity index (χ4n) is 2.78. The zero-order valence-corrected chi connectivity index (χ0v) is 13.6. The van der Waals surface area contributed by atoms with Crippen LogP contribution in [0, 0.1) is 0 Å². The van der Waals surface area contributed by atoms with E-state index in [1.807, 2.05) is 18.2 Å². The molecule has 0 atom stereocenters. The van der Waals surface area contributed by atoms with Crippen LogP contribution in [0.2, 0.25) is 0 Å². The van der Waals surface area contributed by atoms with Gasteiger partial charge in [0.25, 0.3) is 0 Å². The maximum atomic E-state index is 5.29. The number of hydrogen-bond acceptors (Lipinski definition) is 6. The minimum absolute atomic E-state index is 0.605. The van der Waals surface area contributed by atoms with Gasteiger partial charge in [0.15, 0.2) is 0 Å². The highest BCUT2D eigenvalue weighted by Gasteiger charge is 2.18. The van der Waals surface area contributed by atoms with Crippen molar-refractivity contribution in [1.29, 1.82) is 0 Å². The molecule has 0 radical (unpaired) electrons. The maximum absolute atomic E-state index is 5.29. The number of ether oxygens (including phenoxy) is 2. The molecule has 0 N–H and O–H groups in total. The van der Waals surface area contributed by atoms with Crippen molar-refractivity contribution in [2.24, 2.45) is 0 Å². The molecule has 2 aromatic rings. The highest BCUT2D eigenvalue weighted by molar-refractivity contribution is 5.41. The van der Waals surface area contributed by atoms with Crippen molar-refractivity contribution in [2.75, 3.05) is 45.3 Å². The van der Waals surface area contributed by atoms with Crippen molar-refractivity contribution in [3.8, 4) is 11.6 Å². The van der Waals surface area contributed by atoms with E-state index in [4.69, 9.17) is 9.47 Å². The van der Waals surface area contributed by atoms with E-state index >= 15 is 0 Å². The molecule has 0 aliphatic carbocycles. The molecule has 3 rings (SSSR count). The van der Waals surface area contributed by atoms with Gasteiger partial charge < -0.3 is 14.4 Å². The summed E-state index contributed by atoms with van der Waals surface area (Å²) in [7, 11) is 3.33. The molecule has 23 heavy (non-hydrogen) atoms. The number of hydrogen-bond donors (Lipinski definition) is 0. The van der Waals surface area contributed by atoms with E-state index in [2.05, 4.69) is 31.9 Å². The second-order valence-corrected chi connectivity index (χ2v) is 5.53. The van der Waals surface area contributed by atoms with Gasteiger partial charge in [0.1, 0.15) is 17.9 Å². The van der Waals surface area contributed by atoms with Crippen molar-refractivity contribution in [1.82, 2.24) is 14.9 Å². The summed E-state index contributed by atoms with van der Waals surface area (Å²) >= 11 is 0. The average molecular weight is 314 g/mol. The smallest absolute Gasteiger partial charge is 0.218 e. The lowest BCUT2D eigenvalue weighted by Gasteiger charge is -2.35. The summed E-state index contributed by atoms with van der Waals surface area (Å²) in [4.78, 5) is 13.1. The average Bonchev–Trinajstić information content (AvgIpc) is 2.62. The number of benzene rings is 1. The fraction of sp³-hybridized carbons (Fsp3) is 0.412. The number of methoxy groups -OCH3 is 2. The number of aromatic nitrogens is 2. The van der Waals surface area contributed by atoms with Crippen LogP contribution in [0.5, 0.6) is 11.6 Å². The second-order valence-electron chi connectivity index (χ2n) is 5.53. The lowest BCUT2D eigenvalue weighted by atomic mass is 10.2. The molecule has 0 saturated carbocycles. The summed E-state index contributed by atoms with van der Waals surface area (Å²) < 4.78 is 10.5. The highest BCUT2D eigenvalue weighted by atomic mass is 16.5. The second kappa shape index (κ2) is 7.28. The van der Waals surface area contributed by atoms with E-state index in [0.29, 0.717) is 5.88 Å². The standard InChI is InChI=1S/C17H22N4O2/c1-22-15-5-3-4-14(10-15)12-20-6-8-21(9-7-20)16-11-17(23-2)19-13-18-16/h3-5,10-11,13H,6-9,12H2,1-2H3. The summed E-state index contributed by atoms with van der Waals surface area (Å²) in [5.74, 6) is 2.45. The van der Waals surface area contributed by atoms with Crippen LogP contribution in [0.3, 0.4) is 0 Å². The van der Waals surface area contributed by atoms with E-state index in [1.165, 1.54) is 5.56 Å². The first-order valence-corrected chi connectivity index (χ1v) is 7.75. The Morgan fingerprint density at radius 2 is 1.83 bits per heavy atom. The van der Waals surface area contributed by atoms with Gasteiger partial charge in [0.2, 0.25) is 5.88 Å². The lowest BCUT2D eigenvalue weighted by molar-refractivity contribution is 0.249. The molecule has 1 aliphatic rings. The third kappa shape index (κ3) is 3.90. The van der Waals surface area contributed by atoms with Crippen molar-refractivity contribution >= 4 is 5.82 Å². The largest absolute Gasteiger partial charge is 0.497 e. The highest BCUT2D eigenvalue weighted by Crippen LogP contribution is 2.19. The third-order valence-electron chi connectivity index (χ3n) is 4.07. The molecule has 1 aromatic heterocycles. The molecule has 0 unspecified atom stereocenters. The molecule has 0 amide bonds. The molecular weight excluding hydrogens is 292 g/mol. The Balaban J connectivity index is 1.57. The minimum Gasteiger partial charge on any atom is -0.497 e. The van der Waals surface area contributed by atoms with Crippen LogP contribution in [0.25, 0.3) is 0 Å². The first-order chi connectivity index (χ1) is 11.3. The van der Waals surface area contributed by atoms with E-state index in [9.17, 15) is 0 Å². The topological polar surface area (TPSA) is 50.7 Å². The summed E-state index contributed by atoms with van der Waals surface area (Å²) in [5.41, 5.74) is 1.28. The number of piperazine rings is 1. The van der Waals surface area contributed by atoms with Crippen LogP contribution in [0.4, 0.5) is 5.82 Å². The Bertz CT molecular complexity index is 642. The number of anilines is 1. The molecular formula is C17H22N4O2. The summed E-state index contributed by atoms with van der Waals surface area (Å²) in [6.45, 7) is 4.85. The molecule has 1 fully saturated rings. The van der Waals surface area contributed by atoms with Gasteiger partial charge in [-0.2, -0.15) is 0 Å². The van der Waals surface area contributed by atoms with Crippen molar-refractivity contribution in [3.63, 3.8) is 0 Å². The van der Waals surface area contributed by atoms with Crippen LogP contribution in [-0.2, 0) is 6.54 Å². The molecule has 122 valence electrons. The van der Waals surface area contributed by atoms with E-state index in [-0.39, 0.29) is 0 Å². The SMILES string of the molecule is COc1cccc(CN2CCN(c3cc(OC)ncn3)CC2)c1. The Labute approximate surface area is 136 Å². The first-order valence-electron chi connectivity index (χ1n) is 7.75. The first kappa shape index (κ1) is 15.6. The molecule has 1 aromatic carbocycles. The molecule has 6 nitrogen and oxygen atoms in total. The van der Waals surface area contributed by atoms with Gasteiger partial charge in [-0.3, -0.25) is 4.90 Å². The van der Waals surface area contributed by atoms with Crippen LogP contribution < -0.4 is 14.4 Å². The summed E-state index contributed by atoms with van der Waals surface area (Å²) in [6, 6.07) is 10.1. The normalized spacial score (nSPS) is 15.5. The van der Waals surface area contributed by atoms with Gasteiger partial charge >= 0.3 is 0 Å². The summed E-state index contributed by atoms with van der Waals surface area (Å²) in [6.07, 6.45) is 1.55. The van der Waals surface area contributed by atoms with Gasteiger partial charge in [-0.25, -0.2) is 9.97 Å². The van der Waals surface area contributed by atoms with Gasteiger partial charge in [0, 0.05) is 38.8 Å². The van der Waals surface area contributed by atoms with Gasteiger partial charge in [-0.15, -0.1) is 0 Å². The Morgan fingerprint density at radius 1 is 1.00 bits per heavy atom. The predicted molar refractivity (Wildman–Crippen MR) is 89.1 cm³/mol. The van der Waals surface area contributed by atoms with E-state index in [0.717, 1.165) is 44.3 Å². The Hall–Kier alpha value is -2.34. The van der Waals surface area contributed by atoms with E-state index in [1.54, 1.807) is 20.5 Å². The maximum Gasteiger partial charge on any atom is 0.218 e. The minimum atomic E-state index is 0.605. The van der Waals surface area contributed by atoms with Gasteiger partial charge in [-0.1, -0.05) is 12.1 Å². The van der Waals surface area contributed by atoms with Gasteiger partial charge in [-0.05, 0) is 17.7 Å². The zero-order valence-electron chi connectivity index (χ0n) is 13.6. The predicted octanol–water partition coefficient (Wildman–Crippen LogP) is 1.82. The Morgan fingerprint density at radius 3 is 2.57 bits per heavy atom. The molecule has 1 saturated heterocycles. The van der Waals surface area contributed by atoms with Crippen LogP contribution in [0.1, 0.15) is 5.56 Å². The monoisotopic (exact) mass is 314 g/mol. The van der Waals surface area contributed by atoms with Crippen LogP contribution >= 0.6 is 0 Å². The lowest BCUT2D eigenvalue weighted by Crippen LogP contribution is -2.46. The molecule has 1 aliphatic heterocycles. The van der Waals surface area contributed by atoms with E-state index < -0.39 is 0 Å². The molecule has 0 bridgehead atoms. The number of nitrogens with zero attached hydrogens (tertiary/aromatic N) is 4. The quantitative estimate of drug-likeness (QED) is 0.839. The summed E-state index contributed by atoms with van der Waals surface area (Å²) in [5, 5.41) is 0. The van der Waals surface area contributed by atoms with Crippen LogP contribution in [0.15, 0.2) is 36.7 Å².